The molecule has 0 saturated heterocycles. The van der Waals surface area contributed by atoms with E-state index in [-0.39, 0.29) is 19.1 Å². The normalized spacial score (nSPS) is 12.0. The van der Waals surface area contributed by atoms with Crippen LogP contribution in [0.5, 0.6) is 0 Å². The second kappa shape index (κ2) is 10.8. The number of aryl methyl sites for hydroxylation is 1. The first-order valence-electron chi connectivity index (χ1n) is 8.47. The second-order valence-electron chi connectivity index (χ2n) is 5.69. The summed E-state index contributed by atoms with van der Waals surface area (Å²) in [4.78, 5) is 24.1. The first-order valence-corrected chi connectivity index (χ1v) is 8.47. The molecule has 0 fully saturated rings. The average Bonchev–Trinajstić information content (AvgIpc) is 2.53. The lowest BCUT2D eigenvalue weighted by molar-refractivity contribution is -0.164. The van der Waals surface area contributed by atoms with E-state index in [1.165, 1.54) is 5.56 Å². The molecule has 1 aromatic rings. The van der Waals surface area contributed by atoms with Gasteiger partial charge in [-0.05, 0) is 44.6 Å². The number of esters is 2. The summed E-state index contributed by atoms with van der Waals surface area (Å²) < 4.78 is 10.1. The molecule has 23 heavy (non-hydrogen) atoms. The Balaban J connectivity index is 2.47. The van der Waals surface area contributed by atoms with Crippen LogP contribution in [0.4, 0.5) is 0 Å². The zero-order chi connectivity index (χ0) is 17.1. The predicted octanol–water partition coefficient (Wildman–Crippen LogP) is 3.78. The lowest BCUT2D eigenvalue weighted by Crippen LogP contribution is -2.33. The lowest BCUT2D eigenvalue weighted by atomic mass is 9.89. The van der Waals surface area contributed by atoms with Crippen LogP contribution in [0.1, 0.15) is 45.6 Å². The summed E-state index contributed by atoms with van der Waals surface area (Å²) in [7, 11) is 0. The molecule has 1 atom stereocenters. The fraction of sp³-hybridized carbons (Fsp3) is 0.579. The van der Waals surface area contributed by atoms with Gasteiger partial charge in [0.15, 0.2) is 5.92 Å². The molecule has 0 saturated carbocycles. The molecule has 0 aromatic heterocycles. The maximum Gasteiger partial charge on any atom is 0.320 e. The van der Waals surface area contributed by atoms with Crippen molar-refractivity contribution >= 4 is 11.9 Å². The van der Waals surface area contributed by atoms with E-state index in [1.807, 2.05) is 25.1 Å². The largest absolute Gasteiger partial charge is 0.465 e. The van der Waals surface area contributed by atoms with E-state index < -0.39 is 17.9 Å². The molecule has 128 valence electrons. The molecular formula is C19H28O4. The molecule has 4 heteroatoms. The molecule has 1 unspecified atom stereocenters. The monoisotopic (exact) mass is 320 g/mol. The van der Waals surface area contributed by atoms with E-state index in [1.54, 1.807) is 13.8 Å². The van der Waals surface area contributed by atoms with Gasteiger partial charge in [0.2, 0.25) is 0 Å². The maximum atomic E-state index is 12.0. The van der Waals surface area contributed by atoms with Crippen molar-refractivity contribution in [2.45, 2.75) is 46.5 Å². The highest BCUT2D eigenvalue weighted by Gasteiger charge is 2.34. The Morgan fingerprint density at radius 2 is 1.52 bits per heavy atom. The molecule has 0 aliphatic carbocycles. The van der Waals surface area contributed by atoms with Crippen molar-refractivity contribution in [3.05, 3.63) is 35.9 Å². The zero-order valence-electron chi connectivity index (χ0n) is 14.4. The molecule has 0 aliphatic heterocycles. The van der Waals surface area contributed by atoms with E-state index in [0.717, 1.165) is 25.7 Å². The average molecular weight is 320 g/mol. The van der Waals surface area contributed by atoms with Crippen molar-refractivity contribution in [2.24, 2.45) is 11.8 Å². The van der Waals surface area contributed by atoms with Crippen LogP contribution in [0.15, 0.2) is 30.3 Å². The minimum atomic E-state index is -0.813. The number of unbranched alkanes of at least 4 members (excludes halogenated alkanes) is 1. The van der Waals surface area contributed by atoms with Gasteiger partial charge in [0.1, 0.15) is 0 Å². The molecule has 0 amide bonds. The fourth-order valence-electron chi connectivity index (χ4n) is 2.63. The number of rotatable bonds is 10. The first kappa shape index (κ1) is 19.2. The predicted molar refractivity (Wildman–Crippen MR) is 89.9 cm³/mol. The number of ether oxygens (including phenoxy) is 2. The van der Waals surface area contributed by atoms with Gasteiger partial charge >= 0.3 is 11.9 Å². The van der Waals surface area contributed by atoms with E-state index in [4.69, 9.17) is 9.47 Å². The SMILES string of the molecule is CCOC(=O)C(C(=O)OCC)C(C)CCCCc1ccccc1. The van der Waals surface area contributed by atoms with Gasteiger partial charge in [-0.1, -0.05) is 43.7 Å². The van der Waals surface area contributed by atoms with Crippen molar-refractivity contribution in [3.63, 3.8) is 0 Å². The Hall–Kier alpha value is -1.84. The van der Waals surface area contributed by atoms with E-state index >= 15 is 0 Å². The van der Waals surface area contributed by atoms with Crippen molar-refractivity contribution in [1.29, 1.82) is 0 Å². The van der Waals surface area contributed by atoms with Crippen LogP contribution < -0.4 is 0 Å². The third-order valence-corrected chi connectivity index (χ3v) is 3.87. The van der Waals surface area contributed by atoms with Crippen LogP contribution in [-0.4, -0.2) is 25.2 Å². The van der Waals surface area contributed by atoms with Crippen LogP contribution in [-0.2, 0) is 25.5 Å². The van der Waals surface area contributed by atoms with Gasteiger partial charge in [-0.3, -0.25) is 9.59 Å². The van der Waals surface area contributed by atoms with Crippen LogP contribution in [0, 0.1) is 11.8 Å². The third kappa shape index (κ3) is 6.85. The summed E-state index contributed by atoms with van der Waals surface area (Å²) in [5.41, 5.74) is 1.31. The lowest BCUT2D eigenvalue weighted by Gasteiger charge is -2.20. The highest BCUT2D eigenvalue weighted by Crippen LogP contribution is 2.22. The smallest absolute Gasteiger partial charge is 0.320 e. The molecule has 4 nitrogen and oxygen atoms in total. The Bertz CT molecular complexity index is 452. The molecule has 0 heterocycles. The maximum absolute atomic E-state index is 12.0. The topological polar surface area (TPSA) is 52.6 Å². The summed E-state index contributed by atoms with van der Waals surface area (Å²) in [5, 5.41) is 0. The van der Waals surface area contributed by atoms with Gasteiger partial charge in [-0.2, -0.15) is 0 Å². The van der Waals surface area contributed by atoms with Gasteiger partial charge in [0.25, 0.3) is 0 Å². The number of hydrogen-bond donors (Lipinski definition) is 0. The Kier molecular flexibility index (Phi) is 9.03. The van der Waals surface area contributed by atoms with Crippen LogP contribution in [0.2, 0.25) is 0 Å². The second-order valence-corrected chi connectivity index (χ2v) is 5.69. The van der Waals surface area contributed by atoms with Crippen LogP contribution >= 0.6 is 0 Å². The van der Waals surface area contributed by atoms with Gasteiger partial charge in [-0.15, -0.1) is 0 Å². The Morgan fingerprint density at radius 3 is 2.04 bits per heavy atom. The molecule has 1 rings (SSSR count). The summed E-state index contributed by atoms with van der Waals surface area (Å²) in [6.07, 6.45) is 3.81. The Morgan fingerprint density at radius 1 is 0.957 bits per heavy atom. The molecule has 0 N–H and O–H groups in total. The third-order valence-electron chi connectivity index (χ3n) is 3.87. The Labute approximate surface area is 139 Å². The summed E-state index contributed by atoms with van der Waals surface area (Å²) in [6.45, 7) is 5.95. The highest BCUT2D eigenvalue weighted by molar-refractivity contribution is 5.95. The minimum Gasteiger partial charge on any atom is -0.465 e. The van der Waals surface area contributed by atoms with Crippen molar-refractivity contribution in [1.82, 2.24) is 0 Å². The number of benzene rings is 1. The minimum absolute atomic E-state index is 0.0797. The number of carbonyl (C=O) groups is 2. The van der Waals surface area contributed by atoms with E-state index in [9.17, 15) is 9.59 Å². The number of hydrogen-bond acceptors (Lipinski definition) is 4. The molecule has 0 bridgehead atoms. The van der Waals surface area contributed by atoms with E-state index in [0.29, 0.717) is 0 Å². The quantitative estimate of drug-likeness (QED) is 0.374. The highest BCUT2D eigenvalue weighted by atomic mass is 16.6. The standard InChI is InChI=1S/C19H28O4/c1-4-22-18(20)17(19(21)23-5-2)15(3)11-9-10-14-16-12-7-6-8-13-16/h6-8,12-13,15,17H,4-5,9-11,14H2,1-3H3. The first-order chi connectivity index (χ1) is 11.1. The van der Waals surface area contributed by atoms with Crippen LogP contribution in [0.25, 0.3) is 0 Å². The number of carbonyl (C=O) groups excluding carboxylic acids is 2. The molecule has 0 radical (unpaired) electrons. The summed E-state index contributed by atoms with van der Waals surface area (Å²) in [6, 6.07) is 10.3. The fourth-order valence-corrected chi connectivity index (χ4v) is 2.63. The van der Waals surface area contributed by atoms with E-state index in [2.05, 4.69) is 12.1 Å². The van der Waals surface area contributed by atoms with Gasteiger partial charge < -0.3 is 9.47 Å². The molecule has 0 aliphatic rings. The van der Waals surface area contributed by atoms with Crippen molar-refractivity contribution in [2.75, 3.05) is 13.2 Å². The molecule has 0 spiro atoms. The van der Waals surface area contributed by atoms with Gasteiger partial charge in [0.05, 0.1) is 13.2 Å². The van der Waals surface area contributed by atoms with Gasteiger partial charge in [-0.25, -0.2) is 0 Å². The molecule has 1 aromatic carbocycles. The van der Waals surface area contributed by atoms with Crippen LogP contribution in [0.3, 0.4) is 0 Å². The summed E-state index contributed by atoms with van der Waals surface area (Å²) in [5.74, 6) is -1.83. The van der Waals surface area contributed by atoms with Crippen molar-refractivity contribution in [3.8, 4) is 0 Å². The summed E-state index contributed by atoms with van der Waals surface area (Å²) >= 11 is 0. The van der Waals surface area contributed by atoms with Gasteiger partial charge in [0, 0.05) is 0 Å². The van der Waals surface area contributed by atoms with Crippen molar-refractivity contribution < 1.29 is 19.1 Å². The zero-order valence-corrected chi connectivity index (χ0v) is 14.4. The molecular weight excluding hydrogens is 292 g/mol.